The van der Waals surface area contributed by atoms with E-state index in [-0.39, 0.29) is 12.5 Å². The molecule has 0 aliphatic carbocycles. The zero-order chi connectivity index (χ0) is 15.3. The Bertz CT molecular complexity index is 307. The molecule has 0 aromatic heterocycles. The van der Waals surface area contributed by atoms with Gasteiger partial charge in [-0.15, -0.1) is 0 Å². The van der Waals surface area contributed by atoms with Crippen molar-refractivity contribution < 1.29 is 19.4 Å². The van der Waals surface area contributed by atoms with Crippen LogP contribution in [0.5, 0.6) is 0 Å². The topological polar surface area (TPSA) is 90.9 Å². The Morgan fingerprint density at radius 3 is 2.33 bits per heavy atom. The van der Waals surface area contributed by atoms with Crippen molar-refractivity contribution in [2.45, 2.75) is 32.1 Å². The van der Waals surface area contributed by atoms with E-state index in [1.807, 2.05) is 0 Å². The summed E-state index contributed by atoms with van der Waals surface area (Å²) in [5.74, 6) is -0.763. The number of nitrogens with one attached hydrogen (secondary N) is 2. The van der Waals surface area contributed by atoms with E-state index in [9.17, 15) is 9.59 Å². The summed E-state index contributed by atoms with van der Waals surface area (Å²) in [4.78, 5) is 24.1. The molecular weight excluding hydrogens is 274 g/mol. The minimum atomic E-state index is -0.763. The van der Waals surface area contributed by atoms with Crippen LogP contribution in [0.1, 0.15) is 32.1 Å². The summed E-state index contributed by atoms with van der Waals surface area (Å²) in [6.07, 6.45) is 3.44. The predicted octanol–water partition coefficient (Wildman–Crippen LogP) is 0.653. The van der Waals surface area contributed by atoms with Gasteiger partial charge < -0.3 is 20.5 Å². The van der Waals surface area contributed by atoms with Crippen LogP contribution in [-0.2, 0) is 9.53 Å². The molecule has 1 aliphatic heterocycles. The number of hydrogen-bond donors (Lipinski definition) is 3. The molecular formula is C14H27N3O4. The average Bonchev–Trinajstić information content (AvgIpc) is 2.48. The molecule has 1 fully saturated rings. The zero-order valence-electron chi connectivity index (χ0n) is 12.6. The first-order chi connectivity index (χ1) is 10.2. The molecule has 1 heterocycles. The fourth-order valence-corrected chi connectivity index (χ4v) is 2.17. The van der Waals surface area contributed by atoms with Crippen LogP contribution in [0, 0.1) is 0 Å². The molecule has 0 spiro atoms. The van der Waals surface area contributed by atoms with Crippen molar-refractivity contribution in [3.8, 4) is 0 Å². The van der Waals surface area contributed by atoms with E-state index in [2.05, 4.69) is 15.5 Å². The summed E-state index contributed by atoms with van der Waals surface area (Å²) >= 11 is 0. The van der Waals surface area contributed by atoms with Gasteiger partial charge in [0.2, 0.25) is 0 Å². The van der Waals surface area contributed by atoms with Gasteiger partial charge in [-0.25, -0.2) is 4.79 Å². The van der Waals surface area contributed by atoms with E-state index >= 15 is 0 Å². The standard InChI is InChI=1S/C14H27N3O4/c18-13(19)5-2-1-3-6-15-14(20)16-7-4-8-17-9-11-21-12-10-17/h1-12H2,(H,18,19)(H2,15,16,20). The largest absolute Gasteiger partial charge is 0.481 e. The SMILES string of the molecule is O=C(O)CCCCCNC(=O)NCCCN1CCOCC1. The minimum absolute atomic E-state index is 0.143. The van der Waals surface area contributed by atoms with Gasteiger partial charge in [0.25, 0.3) is 0 Å². The third-order valence-electron chi connectivity index (χ3n) is 3.39. The number of carboxylic acid groups (broad SMARTS) is 1. The fraction of sp³-hybridized carbons (Fsp3) is 0.857. The van der Waals surface area contributed by atoms with Crippen LogP contribution in [0.2, 0.25) is 0 Å². The maximum absolute atomic E-state index is 11.5. The molecule has 0 bridgehead atoms. The van der Waals surface area contributed by atoms with Crippen molar-refractivity contribution in [2.75, 3.05) is 45.9 Å². The van der Waals surface area contributed by atoms with Gasteiger partial charge in [-0.3, -0.25) is 9.69 Å². The normalized spacial score (nSPS) is 15.6. The van der Waals surface area contributed by atoms with Gasteiger partial charge in [0.1, 0.15) is 0 Å². The number of hydrogen-bond acceptors (Lipinski definition) is 4. The van der Waals surface area contributed by atoms with Gasteiger partial charge in [0.05, 0.1) is 13.2 Å². The predicted molar refractivity (Wildman–Crippen MR) is 79.4 cm³/mol. The van der Waals surface area contributed by atoms with E-state index in [1.165, 1.54) is 0 Å². The van der Waals surface area contributed by atoms with E-state index in [0.29, 0.717) is 19.5 Å². The third-order valence-corrected chi connectivity index (χ3v) is 3.39. The number of rotatable bonds is 10. The molecule has 1 aliphatic rings. The molecule has 3 N–H and O–H groups in total. The van der Waals surface area contributed by atoms with Gasteiger partial charge >= 0.3 is 12.0 Å². The number of aliphatic carboxylic acids is 1. The molecule has 0 aromatic rings. The minimum Gasteiger partial charge on any atom is -0.481 e. The van der Waals surface area contributed by atoms with Crippen LogP contribution >= 0.6 is 0 Å². The highest BCUT2D eigenvalue weighted by Gasteiger charge is 2.09. The molecule has 21 heavy (non-hydrogen) atoms. The second-order valence-corrected chi connectivity index (χ2v) is 5.19. The van der Waals surface area contributed by atoms with E-state index in [4.69, 9.17) is 9.84 Å². The summed E-state index contributed by atoms with van der Waals surface area (Å²) in [6, 6.07) is -0.143. The first-order valence-electron chi connectivity index (χ1n) is 7.72. The number of carboxylic acids is 1. The highest BCUT2D eigenvalue weighted by molar-refractivity contribution is 5.73. The number of urea groups is 1. The number of unbranched alkanes of at least 4 members (excludes halogenated alkanes) is 2. The highest BCUT2D eigenvalue weighted by atomic mass is 16.5. The van der Waals surface area contributed by atoms with Crippen LogP contribution in [0.3, 0.4) is 0 Å². The van der Waals surface area contributed by atoms with Gasteiger partial charge in [0, 0.05) is 32.6 Å². The Balaban J connectivity index is 1.86. The number of nitrogens with zero attached hydrogens (tertiary/aromatic N) is 1. The molecule has 0 atom stereocenters. The van der Waals surface area contributed by atoms with E-state index < -0.39 is 5.97 Å². The number of morpholine rings is 1. The van der Waals surface area contributed by atoms with Gasteiger partial charge in [0.15, 0.2) is 0 Å². The molecule has 1 rings (SSSR count). The van der Waals surface area contributed by atoms with Gasteiger partial charge in [-0.05, 0) is 25.8 Å². The molecule has 122 valence electrons. The third kappa shape index (κ3) is 10.1. The Hall–Kier alpha value is -1.34. The van der Waals surface area contributed by atoms with Crippen LogP contribution in [-0.4, -0.2) is 67.9 Å². The Morgan fingerprint density at radius 2 is 1.67 bits per heavy atom. The summed E-state index contributed by atoms with van der Waals surface area (Å²) in [7, 11) is 0. The van der Waals surface area contributed by atoms with Crippen molar-refractivity contribution in [3.05, 3.63) is 0 Å². The summed E-state index contributed by atoms with van der Waals surface area (Å²) < 4.78 is 5.28. The molecule has 2 amide bonds. The lowest BCUT2D eigenvalue weighted by Crippen LogP contribution is -2.40. The Kier molecular flexibility index (Phi) is 9.56. The van der Waals surface area contributed by atoms with Gasteiger partial charge in [-0.2, -0.15) is 0 Å². The summed E-state index contributed by atoms with van der Waals surface area (Å²) in [5, 5.41) is 14.1. The lowest BCUT2D eigenvalue weighted by molar-refractivity contribution is -0.137. The second kappa shape index (κ2) is 11.3. The maximum Gasteiger partial charge on any atom is 0.314 e. The van der Waals surface area contributed by atoms with E-state index in [1.54, 1.807) is 0 Å². The quantitative estimate of drug-likeness (QED) is 0.516. The molecule has 0 aromatic carbocycles. The zero-order valence-corrected chi connectivity index (χ0v) is 12.6. The van der Waals surface area contributed by atoms with Crippen molar-refractivity contribution in [2.24, 2.45) is 0 Å². The number of amides is 2. The Morgan fingerprint density at radius 1 is 1.00 bits per heavy atom. The highest BCUT2D eigenvalue weighted by Crippen LogP contribution is 1.99. The first kappa shape index (κ1) is 17.7. The first-order valence-corrected chi connectivity index (χ1v) is 7.72. The fourth-order valence-electron chi connectivity index (χ4n) is 2.17. The molecule has 0 unspecified atom stereocenters. The monoisotopic (exact) mass is 301 g/mol. The van der Waals surface area contributed by atoms with Crippen molar-refractivity contribution >= 4 is 12.0 Å². The van der Waals surface area contributed by atoms with Crippen molar-refractivity contribution in [1.82, 2.24) is 15.5 Å². The van der Waals surface area contributed by atoms with E-state index in [0.717, 1.165) is 52.1 Å². The second-order valence-electron chi connectivity index (χ2n) is 5.19. The lowest BCUT2D eigenvalue weighted by atomic mass is 10.2. The maximum atomic E-state index is 11.5. The molecule has 0 saturated carbocycles. The van der Waals surface area contributed by atoms with Gasteiger partial charge in [-0.1, -0.05) is 6.42 Å². The number of ether oxygens (including phenoxy) is 1. The van der Waals surface area contributed by atoms with Crippen LogP contribution in [0.25, 0.3) is 0 Å². The van der Waals surface area contributed by atoms with Crippen molar-refractivity contribution in [3.63, 3.8) is 0 Å². The molecule has 7 heteroatoms. The Labute approximate surface area is 126 Å². The smallest absolute Gasteiger partial charge is 0.314 e. The van der Waals surface area contributed by atoms with Crippen LogP contribution < -0.4 is 10.6 Å². The molecule has 1 saturated heterocycles. The van der Waals surface area contributed by atoms with Crippen molar-refractivity contribution in [1.29, 1.82) is 0 Å². The number of carbonyl (C=O) groups excluding carboxylic acids is 1. The van der Waals surface area contributed by atoms with Crippen LogP contribution in [0.4, 0.5) is 4.79 Å². The summed E-state index contributed by atoms with van der Waals surface area (Å²) in [6.45, 7) is 5.80. The van der Waals surface area contributed by atoms with Crippen LogP contribution in [0.15, 0.2) is 0 Å². The molecule has 7 nitrogen and oxygen atoms in total. The molecule has 0 radical (unpaired) electrons. The average molecular weight is 301 g/mol. The number of carbonyl (C=O) groups is 2. The summed E-state index contributed by atoms with van der Waals surface area (Å²) in [5.41, 5.74) is 0. The lowest BCUT2D eigenvalue weighted by Gasteiger charge is -2.26.